The first-order valence-corrected chi connectivity index (χ1v) is 5.42. The lowest BCUT2D eigenvalue weighted by Crippen LogP contribution is -2.36. The molecule has 17 heavy (non-hydrogen) atoms. The van der Waals surface area contributed by atoms with Crippen molar-refractivity contribution in [1.29, 1.82) is 5.26 Å². The van der Waals surface area contributed by atoms with Gasteiger partial charge in [-0.1, -0.05) is 0 Å². The van der Waals surface area contributed by atoms with E-state index in [1.165, 1.54) is 12.4 Å². The van der Waals surface area contributed by atoms with Crippen LogP contribution in [0.25, 0.3) is 0 Å². The largest absolute Gasteiger partial charge is 0.352 e. The highest BCUT2D eigenvalue weighted by Gasteiger charge is 2.24. The third-order valence-electron chi connectivity index (χ3n) is 2.47. The second-order valence-electron chi connectivity index (χ2n) is 4.04. The SMILES string of the molecule is CN(CC(=O)NC1CC1)c1nccnc1C#N. The Morgan fingerprint density at radius 3 is 2.94 bits per heavy atom. The molecule has 1 heterocycles. The molecule has 1 aromatic rings. The van der Waals surface area contributed by atoms with Gasteiger partial charge < -0.3 is 10.2 Å². The number of aromatic nitrogens is 2. The van der Waals surface area contributed by atoms with Gasteiger partial charge in [0.15, 0.2) is 11.5 Å². The number of hydrogen-bond donors (Lipinski definition) is 1. The first-order valence-electron chi connectivity index (χ1n) is 5.42. The molecular weight excluding hydrogens is 218 g/mol. The van der Waals surface area contributed by atoms with Crippen LogP contribution in [-0.4, -0.2) is 35.5 Å². The zero-order valence-electron chi connectivity index (χ0n) is 9.55. The number of rotatable bonds is 4. The zero-order chi connectivity index (χ0) is 12.3. The van der Waals surface area contributed by atoms with Crippen LogP contribution in [0.2, 0.25) is 0 Å². The summed E-state index contributed by atoms with van der Waals surface area (Å²) in [5.41, 5.74) is 0.231. The van der Waals surface area contributed by atoms with Gasteiger partial charge in [-0.15, -0.1) is 0 Å². The van der Waals surface area contributed by atoms with Gasteiger partial charge in [0.2, 0.25) is 5.91 Å². The number of amides is 1. The number of likely N-dealkylation sites (N-methyl/N-ethyl adjacent to an activating group) is 1. The average Bonchev–Trinajstić information content (AvgIpc) is 3.12. The third-order valence-corrected chi connectivity index (χ3v) is 2.47. The number of carbonyl (C=O) groups excluding carboxylic acids is 1. The standard InChI is InChI=1S/C11H13N5O/c1-16(7-10(17)15-8-2-3-8)11-9(6-12)13-4-5-14-11/h4-5,8H,2-3,7H2,1H3,(H,15,17). The van der Waals surface area contributed by atoms with E-state index in [0.29, 0.717) is 11.9 Å². The van der Waals surface area contributed by atoms with Gasteiger partial charge in [-0.3, -0.25) is 4.79 Å². The maximum absolute atomic E-state index is 11.6. The lowest BCUT2D eigenvalue weighted by Gasteiger charge is -2.17. The summed E-state index contributed by atoms with van der Waals surface area (Å²) in [4.78, 5) is 21.2. The third kappa shape index (κ3) is 2.91. The van der Waals surface area contributed by atoms with Crippen LogP contribution in [0.5, 0.6) is 0 Å². The summed E-state index contributed by atoms with van der Waals surface area (Å²) in [6.07, 6.45) is 5.08. The summed E-state index contributed by atoms with van der Waals surface area (Å²) < 4.78 is 0. The maximum atomic E-state index is 11.6. The highest BCUT2D eigenvalue weighted by Crippen LogP contribution is 2.18. The summed E-state index contributed by atoms with van der Waals surface area (Å²) in [5.74, 6) is 0.380. The van der Waals surface area contributed by atoms with Crippen molar-refractivity contribution in [3.63, 3.8) is 0 Å². The van der Waals surface area contributed by atoms with E-state index in [9.17, 15) is 4.79 Å². The molecular formula is C11H13N5O. The molecule has 1 amide bonds. The lowest BCUT2D eigenvalue weighted by atomic mass is 10.4. The molecule has 0 unspecified atom stereocenters. The van der Waals surface area contributed by atoms with E-state index >= 15 is 0 Å². The number of nitrogens with one attached hydrogen (secondary N) is 1. The van der Waals surface area contributed by atoms with Crippen molar-refractivity contribution in [3.8, 4) is 6.07 Å². The van der Waals surface area contributed by atoms with Crippen molar-refractivity contribution in [2.45, 2.75) is 18.9 Å². The first-order chi connectivity index (χ1) is 8.20. The average molecular weight is 231 g/mol. The van der Waals surface area contributed by atoms with Crippen molar-refractivity contribution < 1.29 is 4.79 Å². The second-order valence-corrected chi connectivity index (χ2v) is 4.04. The van der Waals surface area contributed by atoms with E-state index in [4.69, 9.17) is 5.26 Å². The molecule has 88 valence electrons. The second kappa shape index (κ2) is 4.78. The molecule has 0 spiro atoms. The van der Waals surface area contributed by atoms with Crippen LogP contribution in [0.1, 0.15) is 18.5 Å². The van der Waals surface area contributed by atoms with E-state index in [-0.39, 0.29) is 18.1 Å². The van der Waals surface area contributed by atoms with Gasteiger partial charge in [-0.25, -0.2) is 9.97 Å². The summed E-state index contributed by atoms with van der Waals surface area (Å²) in [6, 6.07) is 2.30. The fourth-order valence-electron chi connectivity index (χ4n) is 1.48. The molecule has 0 bridgehead atoms. The predicted molar refractivity (Wildman–Crippen MR) is 61.2 cm³/mol. The van der Waals surface area contributed by atoms with Crippen LogP contribution >= 0.6 is 0 Å². The Kier molecular flexibility index (Phi) is 3.19. The molecule has 0 aromatic carbocycles. The van der Waals surface area contributed by atoms with Crippen molar-refractivity contribution in [1.82, 2.24) is 15.3 Å². The fraction of sp³-hybridized carbons (Fsp3) is 0.455. The molecule has 0 saturated heterocycles. The highest BCUT2D eigenvalue weighted by atomic mass is 16.2. The molecule has 1 fully saturated rings. The van der Waals surface area contributed by atoms with Gasteiger partial charge >= 0.3 is 0 Å². The van der Waals surface area contributed by atoms with Crippen molar-refractivity contribution in [2.75, 3.05) is 18.5 Å². The maximum Gasteiger partial charge on any atom is 0.239 e. The number of hydrogen-bond acceptors (Lipinski definition) is 5. The molecule has 0 radical (unpaired) electrons. The molecule has 1 saturated carbocycles. The fourth-order valence-corrected chi connectivity index (χ4v) is 1.48. The number of nitrogens with zero attached hydrogens (tertiary/aromatic N) is 4. The minimum atomic E-state index is -0.0513. The monoisotopic (exact) mass is 231 g/mol. The summed E-state index contributed by atoms with van der Waals surface area (Å²) in [7, 11) is 1.72. The number of anilines is 1. The Morgan fingerprint density at radius 1 is 1.59 bits per heavy atom. The number of carbonyl (C=O) groups is 1. The van der Waals surface area contributed by atoms with Gasteiger partial charge in [0.05, 0.1) is 6.54 Å². The van der Waals surface area contributed by atoms with Crippen LogP contribution in [0.4, 0.5) is 5.82 Å². The molecule has 1 N–H and O–H groups in total. The zero-order valence-corrected chi connectivity index (χ0v) is 9.55. The molecule has 1 aliphatic carbocycles. The lowest BCUT2D eigenvalue weighted by molar-refractivity contribution is -0.119. The van der Waals surface area contributed by atoms with Gasteiger partial charge in [0.25, 0.3) is 0 Å². The van der Waals surface area contributed by atoms with Crippen LogP contribution in [0, 0.1) is 11.3 Å². The van der Waals surface area contributed by atoms with E-state index in [2.05, 4.69) is 15.3 Å². The smallest absolute Gasteiger partial charge is 0.239 e. The number of nitriles is 1. The van der Waals surface area contributed by atoms with Gasteiger partial charge in [-0.2, -0.15) is 5.26 Å². The van der Waals surface area contributed by atoms with Crippen LogP contribution in [0.15, 0.2) is 12.4 Å². The van der Waals surface area contributed by atoms with Crippen molar-refractivity contribution in [3.05, 3.63) is 18.1 Å². The van der Waals surface area contributed by atoms with Gasteiger partial charge in [0.1, 0.15) is 6.07 Å². The molecule has 0 atom stereocenters. The Balaban J connectivity index is 2.00. The predicted octanol–water partition coefficient (Wildman–Crippen LogP) is 0.0631. The topological polar surface area (TPSA) is 81.9 Å². The molecule has 2 rings (SSSR count). The normalized spacial score (nSPS) is 13.9. The van der Waals surface area contributed by atoms with Crippen LogP contribution in [0.3, 0.4) is 0 Å². The Morgan fingerprint density at radius 2 is 2.29 bits per heavy atom. The minimum absolute atomic E-state index is 0.0513. The molecule has 1 aliphatic rings. The molecule has 0 aliphatic heterocycles. The highest BCUT2D eigenvalue weighted by molar-refractivity contribution is 5.81. The van der Waals surface area contributed by atoms with Crippen molar-refractivity contribution in [2.24, 2.45) is 0 Å². The van der Waals surface area contributed by atoms with E-state index < -0.39 is 0 Å². The molecule has 6 nitrogen and oxygen atoms in total. The van der Waals surface area contributed by atoms with Gasteiger partial charge in [0, 0.05) is 25.5 Å². The summed E-state index contributed by atoms with van der Waals surface area (Å²) in [6.45, 7) is 0.184. The van der Waals surface area contributed by atoms with E-state index in [0.717, 1.165) is 12.8 Å². The first kappa shape index (κ1) is 11.3. The van der Waals surface area contributed by atoms with E-state index in [1.54, 1.807) is 11.9 Å². The Hall–Kier alpha value is -2.16. The van der Waals surface area contributed by atoms with Crippen LogP contribution in [-0.2, 0) is 4.79 Å². The van der Waals surface area contributed by atoms with E-state index in [1.807, 2.05) is 6.07 Å². The Labute approximate surface area is 99.3 Å². The summed E-state index contributed by atoms with van der Waals surface area (Å²) in [5, 5.41) is 11.8. The Bertz CT molecular complexity index is 463. The van der Waals surface area contributed by atoms with Gasteiger partial charge in [-0.05, 0) is 12.8 Å². The minimum Gasteiger partial charge on any atom is -0.352 e. The van der Waals surface area contributed by atoms with Crippen LogP contribution < -0.4 is 10.2 Å². The quantitative estimate of drug-likeness (QED) is 0.792. The van der Waals surface area contributed by atoms with Crippen molar-refractivity contribution >= 4 is 11.7 Å². The summed E-state index contributed by atoms with van der Waals surface area (Å²) >= 11 is 0. The molecule has 1 aromatic heterocycles. The molecule has 6 heteroatoms.